The highest BCUT2D eigenvalue weighted by atomic mass is 16.4. The Labute approximate surface area is 205 Å². The molecule has 2 aromatic carbocycles. The number of aromatic nitrogens is 4. The van der Waals surface area contributed by atoms with Crippen LogP contribution in [0.1, 0.15) is 26.5 Å². The van der Waals surface area contributed by atoms with Gasteiger partial charge in [-0.3, -0.25) is 14.9 Å². The molecule has 1 saturated heterocycles. The van der Waals surface area contributed by atoms with Crippen LogP contribution in [0.25, 0.3) is 11.0 Å². The summed E-state index contributed by atoms with van der Waals surface area (Å²) in [5.74, 6) is -0.820. The fourth-order valence-corrected chi connectivity index (χ4v) is 4.14. The molecule has 0 saturated carbocycles. The number of benzene rings is 2. The van der Waals surface area contributed by atoms with Gasteiger partial charge in [0.2, 0.25) is 5.95 Å². The van der Waals surface area contributed by atoms with Crippen LogP contribution < -0.4 is 15.5 Å². The van der Waals surface area contributed by atoms with Crippen molar-refractivity contribution in [2.24, 2.45) is 0 Å². The topological polar surface area (TPSA) is 159 Å². The summed E-state index contributed by atoms with van der Waals surface area (Å²) < 4.78 is 0. The number of nitrogens with zero attached hydrogens (tertiary/aromatic N) is 4. The standard InChI is InChI=1S/C24H24N8O4/c1-14-12-15(31-8-10-32(11-9-31)24(35)36)6-7-16(14)27-21(33)19-20(26-13-25-19)22(34)30-23-28-17-4-2-3-5-18(17)29-23/h2-7,12-13H,8-11H2,1H3,(H,25,26)(H,27,33)(H,35,36)(H2,28,29,30,34). The SMILES string of the molecule is Cc1cc(N2CCN(C(=O)O)CC2)ccc1NC(=O)c1nc[nH]c1C(=O)Nc1nc2ccccc2[nH]1. The van der Waals surface area contributed by atoms with Crippen molar-refractivity contribution in [2.45, 2.75) is 6.92 Å². The maximum absolute atomic E-state index is 13.0. The van der Waals surface area contributed by atoms with Crippen molar-refractivity contribution in [3.63, 3.8) is 0 Å². The molecule has 0 radical (unpaired) electrons. The second-order valence-electron chi connectivity index (χ2n) is 8.39. The number of amides is 3. The van der Waals surface area contributed by atoms with E-state index in [1.807, 2.05) is 43.3 Å². The first kappa shape index (κ1) is 22.9. The maximum Gasteiger partial charge on any atom is 0.407 e. The number of nitrogens with one attached hydrogen (secondary N) is 4. The zero-order valence-corrected chi connectivity index (χ0v) is 19.4. The molecule has 3 amide bonds. The number of piperazine rings is 1. The minimum atomic E-state index is -0.909. The third kappa shape index (κ3) is 4.56. The van der Waals surface area contributed by atoms with Crippen molar-refractivity contribution in [3.8, 4) is 0 Å². The van der Waals surface area contributed by atoms with Gasteiger partial charge in [0.25, 0.3) is 11.8 Å². The smallest absolute Gasteiger partial charge is 0.407 e. The molecule has 12 heteroatoms. The molecule has 1 fully saturated rings. The number of para-hydroxylation sites is 2. The number of anilines is 3. The average molecular weight is 489 g/mol. The number of imidazole rings is 2. The van der Waals surface area contributed by atoms with Gasteiger partial charge in [-0.15, -0.1) is 0 Å². The summed E-state index contributed by atoms with van der Waals surface area (Å²) in [6, 6.07) is 13.0. The van der Waals surface area contributed by atoms with Crippen molar-refractivity contribution < 1.29 is 19.5 Å². The number of carbonyl (C=O) groups is 3. The van der Waals surface area contributed by atoms with Crippen LogP contribution in [0.3, 0.4) is 0 Å². The fraction of sp³-hybridized carbons (Fsp3) is 0.208. The van der Waals surface area contributed by atoms with Crippen LogP contribution in [0.5, 0.6) is 0 Å². The molecular formula is C24H24N8O4. The minimum absolute atomic E-state index is 0.0125. The zero-order chi connectivity index (χ0) is 25.2. The highest BCUT2D eigenvalue weighted by molar-refractivity contribution is 6.13. The van der Waals surface area contributed by atoms with Gasteiger partial charge in [-0.1, -0.05) is 12.1 Å². The van der Waals surface area contributed by atoms with Crippen LogP contribution in [-0.4, -0.2) is 74.0 Å². The Hall–Kier alpha value is -4.87. The van der Waals surface area contributed by atoms with E-state index < -0.39 is 17.9 Å². The van der Waals surface area contributed by atoms with Crippen LogP contribution in [0.2, 0.25) is 0 Å². The Morgan fingerprint density at radius 3 is 2.50 bits per heavy atom. The van der Waals surface area contributed by atoms with Gasteiger partial charge in [0.1, 0.15) is 5.69 Å². The number of hydrogen-bond donors (Lipinski definition) is 5. The van der Waals surface area contributed by atoms with E-state index in [-0.39, 0.29) is 17.3 Å². The summed E-state index contributed by atoms with van der Waals surface area (Å²) in [5.41, 5.74) is 3.80. The number of rotatable bonds is 5. The van der Waals surface area contributed by atoms with E-state index in [9.17, 15) is 14.4 Å². The quantitative estimate of drug-likeness (QED) is 0.289. The van der Waals surface area contributed by atoms with E-state index in [4.69, 9.17) is 5.11 Å². The minimum Gasteiger partial charge on any atom is -0.465 e. The Morgan fingerprint density at radius 1 is 1.00 bits per heavy atom. The Morgan fingerprint density at radius 2 is 1.78 bits per heavy atom. The molecule has 1 aliphatic rings. The summed E-state index contributed by atoms with van der Waals surface area (Å²) in [6.45, 7) is 3.92. The molecule has 0 atom stereocenters. The molecule has 4 aromatic rings. The second-order valence-corrected chi connectivity index (χ2v) is 8.39. The molecule has 1 aliphatic heterocycles. The van der Waals surface area contributed by atoms with Crippen LogP contribution in [0.4, 0.5) is 22.1 Å². The zero-order valence-electron chi connectivity index (χ0n) is 19.4. The number of aryl methyl sites for hydroxylation is 1. The number of fused-ring (bicyclic) bond motifs is 1. The van der Waals surface area contributed by atoms with Crippen molar-refractivity contribution in [2.75, 3.05) is 41.7 Å². The molecule has 3 heterocycles. The van der Waals surface area contributed by atoms with Crippen LogP contribution in [0.15, 0.2) is 48.8 Å². The summed E-state index contributed by atoms with van der Waals surface area (Å²) in [4.78, 5) is 54.5. The van der Waals surface area contributed by atoms with Crippen molar-refractivity contribution in [3.05, 3.63) is 65.7 Å². The lowest BCUT2D eigenvalue weighted by Gasteiger charge is -2.34. The predicted molar refractivity (Wildman–Crippen MR) is 134 cm³/mol. The third-order valence-electron chi connectivity index (χ3n) is 6.08. The fourth-order valence-electron chi connectivity index (χ4n) is 4.14. The molecule has 5 rings (SSSR count). The molecule has 0 spiro atoms. The molecule has 0 bridgehead atoms. The number of carboxylic acid groups (broad SMARTS) is 1. The molecule has 184 valence electrons. The van der Waals surface area contributed by atoms with E-state index in [0.29, 0.717) is 37.4 Å². The Balaban J connectivity index is 1.26. The van der Waals surface area contributed by atoms with Crippen LogP contribution in [0, 0.1) is 6.92 Å². The second kappa shape index (κ2) is 9.41. The van der Waals surface area contributed by atoms with Gasteiger partial charge in [-0.25, -0.2) is 14.8 Å². The summed E-state index contributed by atoms with van der Waals surface area (Å²) >= 11 is 0. The molecule has 12 nitrogen and oxygen atoms in total. The monoisotopic (exact) mass is 488 g/mol. The van der Waals surface area contributed by atoms with Gasteiger partial charge < -0.3 is 30.2 Å². The first-order valence-corrected chi connectivity index (χ1v) is 11.3. The maximum atomic E-state index is 13.0. The number of H-pyrrole nitrogens is 2. The van der Waals surface area contributed by atoms with E-state index in [2.05, 4.69) is 35.5 Å². The van der Waals surface area contributed by atoms with Gasteiger partial charge in [-0.2, -0.15) is 0 Å². The van der Waals surface area contributed by atoms with Crippen LogP contribution in [-0.2, 0) is 0 Å². The number of carbonyl (C=O) groups excluding carboxylic acids is 2. The lowest BCUT2D eigenvalue weighted by Crippen LogP contribution is -2.48. The highest BCUT2D eigenvalue weighted by Gasteiger charge is 2.23. The van der Waals surface area contributed by atoms with Crippen molar-refractivity contribution >= 4 is 46.3 Å². The molecule has 5 N–H and O–H groups in total. The van der Waals surface area contributed by atoms with E-state index in [1.54, 1.807) is 6.07 Å². The van der Waals surface area contributed by atoms with Gasteiger partial charge >= 0.3 is 6.09 Å². The number of aromatic amines is 2. The molecule has 36 heavy (non-hydrogen) atoms. The lowest BCUT2D eigenvalue weighted by atomic mass is 10.1. The number of hydrogen-bond acceptors (Lipinski definition) is 6. The summed E-state index contributed by atoms with van der Waals surface area (Å²) in [6.07, 6.45) is 0.378. The Bertz CT molecular complexity index is 1420. The molecule has 0 aliphatic carbocycles. The molecular weight excluding hydrogens is 464 g/mol. The molecule has 2 aromatic heterocycles. The Kier molecular flexibility index (Phi) is 5.98. The summed E-state index contributed by atoms with van der Waals surface area (Å²) in [5, 5.41) is 14.6. The lowest BCUT2D eigenvalue weighted by molar-refractivity contribution is 0.0985. The third-order valence-corrected chi connectivity index (χ3v) is 6.08. The van der Waals surface area contributed by atoms with Gasteiger partial charge in [-0.05, 0) is 42.8 Å². The van der Waals surface area contributed by atoms with Crippen LogP contribution >= 0.6 is 0 Å². The summed E-state index contributed by atoms with van der Waals surface area (Å²) in [7, 11) is 0. The normalized spacial score (nSPS) is 13.6. The van der Waals surface area contributed by atoms with Gasteiger partial charge in [0.05, 0.1) is 17.4 Å². The van der Waals surface area contributed by atoms with Gasteiger partial charge in [0.15, 0.2) is 5.69 Å². The first-order chi connectivity index (χ1) is 17.4. The van der Waals surface area contributed by atoms with Crippen molar-refractivity contribution in [1.82, 2.24) is 24.8 Å². The average Bonchev–Trinajstić information content (AvgIpc) is 3.52. The highest BCUT2D eigenvalue weighted by Crippen LogP contribution is 2.24. The largest absolute Gasteiger partial charge is 0.465 e. The van der Waals surface area contributed by atoms with E-state index >= 15 is 0 Å². The molecule has 0 unspecified atom stereocenters. The predicted octanol–water partition coefficient (Wildman–Crippen LogP) is 2.90. The van der Waals surface area contributed by atoms with Crippen molar-refractivity contribution in [1.29, 1.82) is 0 Å². The van der Waals surface area contributed by atoms with Gasteiger partial charge in [0, 0.05) is 37.6 Å². The van der Waals surface area contributed by atoms with E-state index in [0.717, 1.165) is 16.8 Å². The first-order valence-electron chi connectivity index (χ1n) is 11.3. The van der Waals surface area contributed by atoms with E-state index in [1.165, 1.54) is 11.2 Å².